The zero-order valence-corrected chi connectivity index (χ0v) is 8.33. The fourth-order valence-electron chi connectivity index (χ4n) is 1.08. The first-order valence-corrected chi connectivity index (χ1v) is 4.63. The first kappa shape index (κ1) is 10.1. The van der Waals surface area contributed by atoms with Gasteiger partial charge in [0, 0.05) is 12.4 Å². The van der Waals surface area contributed by atoms with Crippen LogP contribution in [0.1, 0.15) is 16.1 Å². The van der Waals surface area contributed by atoms with E-state index in [-0.39, 0.29) is 11.7 Å². The molecule has 0 spiro atoms. The van der Waals surface area contributed by atoms with Crippen molar-refractivity contribution in [3.05, 3.63) is 54.2 Å². The molecule has 0 atom stereocenters. The highest BCUT2D eigenvalue weighted by molar-refractivity contribution is 5.92. The van der Waals surface area contributed by atoms with Gasteiger partial charge in [-0.1, -0.05) is 0 Å². The van der Waals surface area contributed by atoms with Gasteiger partial charge < -0.3 is 4.42 Å². The van der Waals surface area contributed by atoms with Crippen LogP contribution in [0.3, 0.4) is 0 Å². The Bertz CT molecular complexity index is 477. The summed E-state index contributed by atoms with van der Waals surface area (Å²) >= 11 is 0. The second-order valence-electron chi connectivity index (χ2n) is 2.96. The molecule has 2 aromatic heterocycles. The van der Waals surface area contributed by atoms with E-state index in [1.54, 1.807) is 36.7 Å². The number of aromatic nitrogens is 1. The summed E-state index contributed by atoms with van der Waals surface area (Å²) in [7, 11) is 0. The number of amides is 1. The highest BCUT2D eigenvalue weighted by atomic mass is 16.3. The summed E-state index contributed by atoms with van der Waals surface area (Å²) in [5.74, 6) is -0.151. The second kappa shape index (κ2) is 4.88. The number of hydrogen-bond donors (Lipinski definition) is 1. The lowest BCUT2D eigenvalue weighted by Gasteiger charge is -1.94. The SMILES string of the molecule is O=C(NN=Cc1ccncc1)c1ccco1. The van der Waals surface area contributed by atoms with Gasteiger partial charge in [-0.3, -0.25) is 9.78 Å². The van der Waals surface area contributed by atoms with Gasteiger partial charge in [0.2, 0.25) is 0 Å². The summed E-state index contributed by atoms with van der Waals surface area (Å²) < 4.78 is 4.90. The van der Waals surface area contributed by atoms with Gasteiger partial charge >= 0.3 is 5.91 Å². The van der Waals surface area contributed by atoms with Crippen LogP contribution in [0.15, 0.2) is 52.4 Å². The van der Waals surface area contributed by atoms with Crippen LogP contribution >= 0.6 is 0 Å². The summed E-state index contributed by atoms with van der Waals surface area (Å²) in [6.07, 6.45) is 6.26. The molecular formula is C11H9N3O2. The number of pyridine rings is 1. The van der Waals surface area contributed by atoms with E-state index >= 15 is 0 Å². The minimum Gasteiger partial charge on any atom is -0.459 e. The third-order valence-electron chi connectivity index (χ3n) is 1.83. The van der Waals surface area contributed by atoms with Crippen molar-refractivity contribution in [2.45, 2.75) is 0 Å². The van der Waals surface area contributed by atoms with Crippen LogP contribution in [0.25, 0.3) is 0 Å². The molecule has 0 saturated carbocycles. The number of carbonyl (C=O) groups excluding carboxylic acids is 1. The van der Waals surface area contributed by atoms with Crippen molar-refractivity contribution in [1.82, 2.24) is 10.4 Å². The van der Waals surface area contributed by atoms with Gasteiger partial charge in [-0.25, -0.2) is 5.43 Å². The fraction of sp³-hybridized carbons (Fsp3) is 0. The normalized spacial score (nSPS) is 10.5. The predicted octanol–water partition coefficient (Wildman–Crippen LogP) is 1.44. The Labute approximate surface area is 91.8 Å². The average Bonchev–Trinajstić information content (AvgIpc) is 2.84. The van der Waals surface area contributed by atoms with Crippen molar-refractivity contribution in [2.75, 3.05) is 0 Å². The summed E-state index contributed by atoms with van der Waals surface area (Å²) in [5.41, 5.74) is 3.21. The van der Waals surface area contributed by atoms with Crippen molar-refractivity contribution in [3.63, 3.8) is 0 Å². The minimum absolute atomic E-state index is 0.229. The molecule has 1 amide bonds. The fourth-order valence-corrected chi connectivity index (χ4v) is 1.08. The Morgan fingerprint density at radius 3 is 2.88 bits per heavy atom. The van der Waals surface area contributed by atoms with Crippen LogP contribution in [-0.2, 0) is 0 Å². The maximum Gasteiger partial charge on any atom is 0.307 e. The largest absolute Gasteiger partial charge is 0.459 e. The van der Waals surface area contributed by atoms with Crippen LogP contribution in [0.4, 0.5) is 0 Å². The summed E-state index contributed by atoms with van der Waals surface area (Å²) in [6, 6.07) is 6.77. The number of hydrazone groups is 1. The quantitative estimate of drug-likeness (QED) is 0.622. The topological polar surface area (TPSA) is 67.5 Å². The zero-order chi connectivity index (χ0) is 11.2. The van der Waals surface area contributed by atoms with Gasteiger partial charge in [0.15, 0.2) is 5.76 Å². The number of carbonyl (C=O) groups is 1. The van der Waals surface area contributed by atoms with Crippen molar-refractivity contribution < 1.29 is 9.21 Å². The molecule has 5 nitrogen and oxygen atoms in total. The summed E-state index contributed by atoms with van der Waals surface area (Å²) in [6.45, 7) is 0. The molecule has 80 valence electrons. The van der Waals surface area contributed by atoms with E-state index in [1.165, 1.54) is 12.5 Å². The Balaban J connectivity index is 1.93. The van der Waals surface area contributed by atoms with Crippen molar-refractivity contribution in [3.8, 4) is 0 Å². The predicted molar refractivity (Wildman–Crippen MR) is 58.0 cm³/mol. The Morgan fingerprint density at radius 2 is 2.19 bits per heavy atom. The van der Waals surface area contributed by atoms with E-state index in [9.17, 15) is 4.79 Å². The third kappa shape index (κ3) is 2.54. The molecule has 0 saturated heterocycles. The standard InChI is InChI=1S/C11H9N3O2/c15-11(10-2-1-7-16-10)14-13-8-9-3-5-12-6-4-9/h1-8H,(H,14,15). The monoisotopic (exact) mass is 215 g/mol. The minimum atomic E-state index is -0.379. The van der Waals surface area contributed by atoms with Crippen LogP contribution in [0.5, 0.6) is 0 Å². The molecule has 0 aromatic carbocycles. The number of nitrogens with zero attached hydrogens (tertiary/aromatic N) is 2. The van der Waals surface area contributed by atoms with Crippen molar-refractivity contribution in [2.24, 2.45) is 5.10 Å². The Hall–Kier alpha value is -2.43. The molecule has 0 aliphatic carbocycles. The van der Waals surface area contributed by atoms with E-state index in [0.717, 1.165) is 5.56 Å². The first-order valence-electron chi connectivity index (χ1n) is 4.63. The molecule has 2 rings (SSSR count). The van der Waals surface area contributed by atoms with Crippen molar-refractivity contribution in [1.29, 1.82) is 0 Å². The molecule has 0 radical (unpaired) electrons. The van der Waals surface area contributed by atoms with Gasteiger partial charge in [0.1, 0.15) is 0 Å². The molecule has 1 N–H and O–H groups in total. The van der Waals surface area contributed by atoms with Gasteiger partial charge in [-0.2, -0.15) is 5.10 Å². The number of furan rings is 1. The van der Waals surface area contributed by atoms with E-state index in [0.29, 0.717) is 0 Å². The molecule has 0 aliphatic rings. The van der Waals surface area contributed by atoms with Crippen LogP contribution < -0.4 is 5.43 Å². The van der Waals surface area contributed by atoms with Gasteiger partial charge in [0.05, 0.1) is 12.5 Å². The Kier molecular flexibility index (Phi) is 3.08. The molecule has 0 bridgehead atoms. The Morgan fingerprint density at radius 1 is 1.38 bits per heavy atom. The molecule has 16 heavy (non-hydrogen) atoms. The molecule has 0 unspecified atom stereocenters. The molecule has 2 heterocycles. The summed E-state index contributed by atoms with van der Waals surface area (Å²) in [5, 5.41) is 3.79. The number of rotatable bonds is 3. The number of nitrogens with one attached hydrogen (secondary N) is 1. The third-order valence-corrected chi connectivity index (χ3v) is 1.83. The van der Waals surface area contributed by atoms with Crippen LogP contribution in [-0.4, -0.2) is 17.1 Å². The van der Waals surface area contributed by atoms with Gasteiger partial charge in [0.25, 0.3) is 0 Å². The summed E-state index contributed by atoms with van der Waals surface area (Å²) in [4.78, 5) is 15.2. The smallest absolute Gasteiger partial charge is 0.307 e. The highest BCUT2D eigenvalue weighted by Gasteiger charge is 2.05. The van der Waals surface area contributed by atoms with Crippen LogP contribution in [0.2, 0.25) is 0 Å². The molecule has 5 heteroatoms. The molecule has 2 aromatic rings. The zero-order valence-electron chi connectivity index (χ0n) is 8.33. The van der Waals surface area contributed by atoms with E-state index in [1.807, 2.05) is 0 Å². The average molecular weight is 215 g/mol. The maximum atomic E-state index is 11.4. The van der Waals surface area contributed by atoms with E-state index in [4.69, 9.17) is 4.42 Å². The highest BCUT2D eigenvalue weighted by Crippen LogP contribution is 1.98. The van der Waals surface area contributed by atoms with Crippen LogP contribution in [0, 0.1) is 0 Å². The van der Waals surface area contributed by atoms with Crippen molar-refractivity contribution >= 4 is 12.1 Å². The second-order valence-corrected chi connectivity index (χ2v) is 2.96. The lowest BCUT2D eigenvalue weighted by molar-refractivity contribution is 0.0927. The molecule has 0 fully saturated rings. The maximum absolute atomic E-state index is 11.4. The van der Waals surface area contributed by atoms with Gasteiger partial charge in [-0.15, -0.1) is 0 Å². The van der Waals surface area contributed by atoms with E-state index < -0.39 is 0 Å². The molecular weight excluding hydrogens is 206 g/mol. The van der Waals surface area contributed by atoms with Gasteiger partial charge in [-0.05, 0) is 29.8 Å². The lowest BCUT2D eigenvalue weighted by atomic mass is 10.3. The lowest BCUT2D eigenvalue weighted by Crippen LogP contribution is -2.16. The number of hydrogen-bond acceptors (Lipinski definition) is 4. The first-order chi connectivity index (χ1) is 7.86. The van der Waals surface area contributed by atoms with E-state index in [2.05, 4.69) is 15.5 Å². The molecule has 0 aliphatic heterocycles.